The topological polar surface area (TPSA) is 93.1 Å². The predicted molar refractivity (Wildman–Crippen MR) is 114 cm³/mol. The Hall–Kier alpha value is -1.14. The van der Waals surface area contributed by atoms with Crippen molar-refractivity contribution in [3.8, 4) is 0 Å². The minimum atomic E-state index is -1.93. The maximum absolute atomic E-state index is 12.5. The number of rotatable bonds is 7. The van der Waals surface area contributed by atoms with Gasteiger partial charge in [-0.15, -0.1) is 0 Å². The molecule has 2 aliphatic carbocycles. The average Bonchev–Trinajstić information content (AvgIpc) is 2.66. The van der Waals surface area contributed by atoms with E-state index in [9.17, 15) is 19.8 Å². The molecule has 0 aliphatic heterocycles. The van der Waals surface area contributed by atoms with Gasteiger partial charge in [0.25, 0.3) is 0 Å². The molecule has 0 amide bonds. The molecule has 0 heterocycles. The third-order valence-corrected chi connectivity index (χ3v) is 7.24. The van der Waals surface area contributed by atoms with Crippen LogP contribution in [0.4, 0.5) is 0 Å². The number of aliphatic hydroxyl groups excluding tert-OH is 2. The van der Waals surface area contributed by atoms with Crippen molar-refractivity contribution in [2.24, 2.45) is 35.5 Å². The van der Waals surface area contributed by atoms with E-state index in [-0.39, 0.29) is 24.0 Å². The third-order valence-electron chi connectivity index (χ3n) is 7.24. The van der Waals surface area contributed by atoms with Crippen LogP contribution in [0.15, 0.2) is 0 Å². The van der Waals surface area contributed by atoms with Gasteiger partial charge in [-0.3, -0.25) is 0 Å². The minimum Gasteiger partial charge on any atom is -0.460 e. The van der Waals surface area contributed by atoms with E-state index in [1.165, 1.54) is 0 Å². The van der Waals surface area contributed by atoms with Gasteiger partial charge in [-0.25, -0.2) is 9.59 Å². The molecule has 6 heteroatoms. The maximum Gasteiger partial charge on any atom is 0.338 e. The van der Waals surface area contributed by atoms with Gasteiger partial charge in [-0.05, 0) is 61.2 Å². The van der Waals surface area contributed by atoms with Crippen molar-refractivity contribution in [2.75, 3.05) is 0 Å². The fourth-order valence-corrected chi connectivity index (χ4v) is 5.20. The highest BCUT2D eigenvalue weighted by atomic mass is 16.6. The molecule has 0 aromatic rings. The summed E-state index contributed by atoms with van der Waals surface area (Å²) in [5, 5.41) is 20.6. The Kier molecular flexibility index (Phi) is 9.16. The number of ether oxygens (including phenoxy) is 2. The van der Waals surface area contributed by atoms with Crippen molar-refractivity contribution in [2.45, 2.75) is 104 Å². The van der Waals surface area contributed by atoms with Gasteiger partial charge in [0, 0.05) is 0 Å². The summed E-state index contributed by atoms with van der Waals surface area (Å²) >= 11 is 0. The number of aliphatic hydroxyl groups is 2. The predicted octanol–water partition coefficient (Wildman–Crippen LogP) is 3.72. The van der Waals surface area contributed by atoms with Crippen molar-refractivity contribution in [1.82, 2.24) is 0 Å². The molecule has 2 saturated carbocycles. The van der Waals surface area contributed by atoms with Crippen molar-refractivity contribution >= 4 is 11.9 Å². The highest BCUT2D eigenvalue weighted by Gasteiger charge is 2.40. The quantitative estimate of drug-likeness (QED) is 0.603. The summed E-state index contributed by atoms with van der Waals surface area (Å²) in [6.07, 6.45) is 1.11. The lowest BCUT2D eigenvalue weighted by Crippen LogP contribution is -2.47. The average molecular weight is 427 g/mol. The minimum absolute atomic E-state index is 0.219. The van der Waals surface area contributed by atoms with Gasteiger partial charge in [-0.2, -0.15) is 0 Å². The smallest absolute Gasteiger partial charge is 0.338 e. The second-order valence-electron chi connectivity index (χ2n) is 10.5. The molecule has 0 unspecified atom stereocenters. The van der Waals surface area contributed by atoms with Gasteiger partial charge in [0.05, 0.1) is 0 Å². The van der Waals surface area contributed by atoms with Crippen molar-refractivity contribution in [3.63, 3.8) is 0 Å². The molecule has 2 aliphatic rings. The van der Waals surface area contributed by atoms with Crippen molar-refractivity contribution in [3.05, 3.63) is 0 Å². The van der Waals surface area contributed by atoms with Crippen LogP contribution in [0, 0.1) is 35.5 Å². The largest absolute Gasteiger partial charge is 0.460 e. The van der Waals surface area contributed by atoms with Crippen molar-refractivity contribution in [1.29, 1.82) is 0 Å². The molecule has 0 aromatic heterocycles. The number of hydrogen-bond acceptors (Lipinski definition) is 6. The molecule has 2 rings (SSSR count). The van der Waals surface area contributed by atoms with Crippen LogP contribution in [-0.2, 0) is 19.1 Å². The molecule has 6 nitrogen and oxygen atoms in total. The van der Waals surface area contributed by atoms with Gasteiger partial charge in [0.15, 0.2) is 12.2 Å². The van der Waals surface area contributed by atoms with Crippen LogP contribution in [-0.4, -0.2) is 46.6 Å². The van der Waals surface area contributed by atoms with Crippen LogP contribution < -0.4 is 0 Å². The number of carbonyl (C=O) groups is 2. The second kappa shape index (κ2) is 10.9. The molecular formula is C24H42O6. The summed E-state index contributed by atoms with van der Waals surface area (Å²) in [5.41, 5.74) is 0. The van der Waals surface area contributed by atoms with E-state index in [2.05, 4.69) is 41.5 Å². The number of carbonyl (C=O) groups excluding carboxylic acids is 2. The van der Waals surface area contributed by atoms with Crippen LogP contribution in [0.3, 0.4) is 0 Å². The summed E-state index contributed by atoms with van der Waals surface area (Å²) in [5.74, 6) is 0.126. The van der Waals surface area contributed by atoms with E-state index in [0.29, 0.717) is 23.7 Å². The molecule has 0 spiro atoms. The van der Waals surface area contributed by atoms with Crippen LogP contribution in [0.5, 0.6) is 0 Å². The van der Waals surface area contributed by atoms with E-state index in [0.717, 1.165) is 38.5 Å². The first kappa shape index (κ1) is 25.1. The zero-order chi connectivity index (χ0) is 22.6. The lowest BCUT2D eigenvalue weighted by molar-refractivity contribution is -0.185. The molecule has 2 N–H and O–H groups in total. The third kappa shape index (κ3) is 6.43. The van der Waals surface area contributed by atoms with E-state index < -0.39 is 24.1 Å². The van der Waals surface area contributed by atoms with E-state index in [1.807, 2.05) is 0 Å². The standard InChI is InChI=1S/C24H42O6/c1-13(2)17-9-7-15(5)11-19(17)29-23(27)21(25)22(26)24(28)30-20-12-16(6)8-10-18(20)14(3)4/h13-22,25-26H,7-12H2,1-6H3/t15-,16-,17+,18+,19-,20-,21+,22+/m1/s1. The summed E-state index contributed by atoms with van der Waals surface area (Å²) in [6.45, 7) is 12.6. The maximum atomic E-state index is 12.5. The SMILES string of the molecule is CC(C)[C@@H]1CC[C@@H](C)C[C@H]1OC(=O)[C@@H](O)[C@H](O)C(=O)O[C@@H]1C[C@H](C)CC[C@H]1C(C)C. The Bertz CT molecular complexity index is 524. The molecule has 30 heavy (non-hydrogen) atoms. The van der Waals surface area contributed by atoms with Crippen LogP contribution in [0.1, 0.15) is 80.1 Å². The Morgan fingerprint density at radius 1 is 0.700 bits per heavy atom. The normalized spacial score (nSPS) is 34.5. The highest BCUT2D eigenvalue weighted by Crippen LogP contribution is 2.37. The molecule has 8 atom stereocenters. The van der Waals surface area contributed by atoms with Gasteiger partial charge >= 0.3 is 11.9 Å². The first-order chi connectivity index (χ1) is 14.0. The zero-order valence-electron chi connectivity index (χ0n) is 19.5. The van der Waals surface area contributed by atoms with Gasteiger partial charge in [-0.1, -0.05) is 54.4 Å². The van der Waals surface area contributed by atoms with Crippen LogP contribution >= 0.6 is 0 Å². The fraction of sp³-hybridized carbons (Fsp3) is 0.917. The molecular weight excluding hydrogens is 384 g/mol. The summed E-state index contributed by atoms with van der Waals surface area (Å²) in [4.78, 5) is 25.0. The Morgan fingerprint density at radius 2 is 1.03 bits per heavy atom. The summed E-state index contributed by atoms with van der Waals surface area (Å²) < 4.78 is 11.2. The lowest BCUT2D eigenvalue weighted by atomic mass is 9.75. The van der Waals surface area contributed by atoms with Crippen molar-refractivity contribution < 1.29 is 29.3 Å². The van der Waals surface area contributed by atoms with Crippen LogP contribution in [0.25, 0.3) is 0 Å². The summed E-state index contributed by atoms with van der Waals surface area (Å²) in [7, 11) is 0. The number of esters is 2. The molecule has 0 aromatic carbocycles. The molecule has 2 fully saturated rings. The number of hydrogen-bond donors (Lipinski definition) is 2. The van der Waals surface area contributed by atoms with E-state index >= 15 is 0 Å². The zero-order valence-corrected chi connectivity index (χ0v) is 19.5. The Morgan fingerprint density at radius 3 is 1.33 bits per heavy atom. The first-order valence-electron chi connectivity index (χ1n) is 11.8. The molecule has 0 radical (unpaired) electrons. The fourth-order valence-electron chi connectivity index (χ4n) is 5.20. The summed E-state index contributed by atoms with van der Waals surface area (Å²) in [6, 6.07) is 0. The van der Waals surface area contributed by atoms with E-state index in [1.54, 1.807) is 0 Å². The van der Waals surface area contributed by atoms with E-state index in [4.69, 9.17) is 9.47 Å². The van der Waals surface area contributed by atoms with Gasteiger partial charge < -0.3 is 19.7 Å². The monoisotopic (exact) mass is 426 g/mol. The molecule has 0 saturated heterocycles. The highest BCUT2D eigenvalue weighted by molar-refractivity contribution is 5.85. The molecule has 174 valence electrons. The first-order valence-corrected chi connectivity index (χ1v) is 11.8. The van der Waals surface area contributed by atoms with Gasteiger partial charge in [0.2, 0.25) is 0 Å². The Labute approximate surface area is 181 Å². The molecule has 0 bridgehead atoms. The Balaban J connectivity index is 1.96. The van der Waals surface area contributed by atoms with Crippen LogP contribution in [0.2, 0.25) is 0 Å². The second-order valence-corrected chi connectivity index (χ2v) is 10.5. The van der Waals surface area contributed by atoms with Gasteiger partial charge in [0.1, 0.15) is 12.2 Å². The lowest BCUT2D eigenvalue weighted by Gasteiger charge is -2.38.